The molecule has 1 unspecified atom stereocenters. The van der Waals surface area contributed by atoms with Crippen LogP contribution in [0.2, 0.25) is 0 Å². The molecule has 1 fully saturated rings. The van der Waals surface area contributed by atoms with Gasteiger partial charge in [-0.2, -0.15) is 0 Å². The summed E-state index contributed by atoms with van der Waals surface area (Å²) in [7, 11) is 2.15. The molecule has 0 amide bonds. The Hall–Kier alpha value is -0.580. The molecule has 1 N–H and O–H groups in total. The Kier molecular flexibility index (Phi) is 4.98. The summed E-state index contributed by atoms with van der Waals surface area (Å²) < 4.78 is 5.07. The molecule has 5 heteroatoms. The van der Waals surface area contributed by atoms with Crippen molar-refractivity contribution in [1.29, 1.82) is 0 Å². The summed E-state index contributed by atoms with van der Waals surface area (Å²) >= 11 is 0. The van der Waals surface area contributed by atoms with Gasteiger partial charge in [-0.05, 0) is 32.4 Å². The predicted octanol–water partition coefficient (Wildman–Crippen LogP) is 1.84. The summed E-state index contributed by atoms with van der Waals surface area (Å²) in [5.74, 6) is 0.886. The van der Waals surface area contributed by atoms with Crippen molar-refractivity contribution in [3.63, 3.8) is 0 Å². The van der Waals surface area contributed by atoms with Crippen molar-refractivity contribution < 1.29 is 4.52 Å². The van der Waals surface area contributed by atoms with Crippen LogP contribution in [0.15, 0.2) is 10.6 Å². The standard InChI is InChI=1S/C12H21N3O.ClH/c1-10-6-11(14-16-10)7-15(3)9-12(2)4-5-13-8-12;/h6,13H,4-5,7-9H2,1-3H3;1H. The monoisotopic (exact) mass is 259 g/mol. The van der Waals surface area contributed by atoms with Crippen LogP contribution in [0.3, 0.4) is 0 Å². The second-order valence-corrected chi connectivity index (χ2v) is 5.34. The Labute approximate surface area is 109 Å². The Morgan fingerprint density at radius 3 is 2.88 bits per heavy atom. The Morgan fingerprint density at radius 2 is 2.35 bits per heavy atom. The highest BCUT2D eigenvalue weighted by Crippen LogP contribution is 2.25. The number of nitrogens with one attached hydrogen (secondary N) is 1. The lowest BCUT2D eigenvalue weighted by Crippen LogP contribution is -2.34. The third-order valence-corrected chi connectivity index (χ3v) is 3.22. The highest BCUT2D eigenvalue weighted by atomic mass is 35.5. The van der Waals surface area contributed by atoms with E-state index in [4.69, 9.17) is 4.52 Å². The average Bonchev–Trinajstić information content (AvgIpc) is 2.75. The van der Waals surface area contributed by atoms with Crippen molar-refractivity contribution in [1.82, 2.24) is 15.4 Å². The predicted molar refractivity (Wildman–Crippen MR) is 70.4 cm³/mol. The van der Waals surface area contributed by atoms with E-state index in [1.165, 1.54) is 6.42 Å². The fourth-order valence-corrected chi connectivity index (χ4v) is 2.48. The van der Waals surface area contributed by atoms with Crippen LogP contribution in [0.1, 0.15) is 24.8 Å². The Balaban J connectivity index is 0.00000144. The minimum Gasteiger partial charge on any atom is -0.361 e. The third-order valence-electron chi connectivity index (χ3n) is 3.22. The molecule has 1 aromatic heterocycles. The summed E-state index contributed by atoms with van der Waals surface area (Å²) in [5.41, 5.74) is 1.43. The highest BCUT2D eigenvalue weighted by molar-refractivity contribution is 5.85. The molecular formula is C12H22ClN3O. The summed E-state index contributed by atoms with van der Waals surface area (Å²) in [6.45, 7) is 8.51. The maximum Gasteiger partial charge on any atom is 0.133 e. The van der Waals surface area contributed by atoms with Crippen LogP contribution < -0.4 is 5.32 Å². The van der Waals surface area contributed by atoms with Gasteiger partial charge in [0.25, 0.3) is 0 Å². The van der Waals surface area contributed by atoms with E-state index in [0.717, 1.165) is 37.6 Å². The number of hydrogen-bond donors (Lipinski definition) is 1. The number of nitrogens with zero attached hydrogens (tertiary/aromatic N) is 2. The molecule has 0 bridgehead atoms. The van der Waals surface area contributed by atoms with Gasteiger partial charge in [-0.3, -0.25) is 4.90 Å². The third kappa shape index (κ3) is 3.98. The lowest BCUT2D eigenvalue weighted by molar-refractivity contribution is 0.199. The first-order chi connectivity index (χ1) is 7.57. The van der Waals surface area contributed by atoms with E-state index < -0.39 is 0 Å². The zero-order chi connectivity index (χ0) is 11.6. The van der Waals surface area contributed by atoms with Crippen molar-refractivity contribution >= 4 is 12.4 Å². The van der Waals surface area contributed by atoms with Crippen LogP contribution >= 0.6 is 12.4 Å². The summed E-state index contributed by atoms with van der Waals surface area (Å²) in [6.07, 6.45) is 1.26. The van der Waals surface area contributed by atoms with Crippen LogP contribution in [0.4, 0.5) is 0 Å². The molecule has 4 nitrogen and oxygen atoms in total. The molecule has 0 saturated carbocycles. The molecule has 0 spiro atoms. The molecule has 1 aliphatic rings. The van der Waals surface area contributed by atoms with Gasteiger partial charge in [0.05, 0.1) is 5.69 Å². The smallest absolute Gasteiger partial charge is 0.133 e. The zero-order valence-electron chi connectivity index (χ0n) is 10.8. The largest absolute Gasteiger partial charge is 0.361 e. The molecule has 17 heavy (non-hydrogen) atoms. The van der Waals surface area contributed by atoms with Gasteiger partial charge in [-0.25, -0.2) is 0 Å². The van der Waals surface area contributed by atoms with E-state index in [1.54, 1.807) is 0 Å². The fraction of sp³-hybridized carbons (Fsp3) is 0.750. The summed E-state index contributed by atoms with van der Waals surface area (Å²) in [4.78, 5) is 2.32. The van der Waals surface area contributed by atoms with Crippen LogP contribution in [-0.2, 0) is 6.54 Å². The molecule has 1 aliphatic heterocycles. The van der Waals surface area contributed by atoms with E-state index in [9.17, 15) is 0 Å². The van der Waals surface area contributed by atoms with Gasteiger partial charge in [0, 0.05) is 25.7 Å². The van der Waals surface area contributed by atoms with E-state index in [-0.39, 0.29) is 12.4 Å². The molecular weight excluding hydrogens is 238 g/mol. The van der Waals surface area contributed by atoms with Gasteiger partial charge in [-0.15, -0.1) is 12.4 Å². The Morgan fingerprint density at radius 1 is 1.59 bits per heavy atom. The molecule has 0 radical (unpaired) electrons. The first-order valence-corrected chi connectivity index (χ1v) is 5.89. The number of aromatic nitrogens is 1. The van der Waals surface area contributed by atoms with Crippen molar-refractivity contribution in [2.45, 2.75) is 26.8 Å². The minimum atomic E-state index is 0. The first-order valence-electron chi connectivity index (χ1n) is 5.89. The molecule has 1 saturated heterocycles. The maximum absolute atomic E-state index is 5.07. The van der Waals surface area contributed by atoms with Crippen LogP contribution in [0.5, 0.6) is 0 Å². The van der Waals surface area contributed by atoms with Crippen molar-refractivity contribution in [3.8, 4) is 0 Å². The van der Waals surface area contributed by atoms with Crippen LogP contribution in [0, 0.1) is 12.3 Å². The van der Waals surface area contributed by atoms with Gasteiger partial charge in [0.15, 0.2) is 0 Å². The maximum atomic E-state index is 5.07. The van der Waals surface area contributed by atoms with E-state index >= 15 is 0 Å². The van der Waals surface area contributed by atoms with E-state index in [1.807, 2.05) is 13.0 Å². The van der Waals surface area contributed by atoms with Crippen molar-refractivity contribution in [2.75, 3.05) is 26.7 Å². The topological polar surface area (TPSA) is 41.3 Å². The number of aryl methyl sites for hydroxylation is 1. The zero-order valence-corrected chi connectivity index (χ0v) is 11.6. The lowest BCUT2D eigenvalue weighted by atomic mass is 9.89. The van der Waals surface area contributed by atoms with Crippen LogP contribution in [0.25, 0.3) is 0 Å². The number of hydrogen-bond acceptors (Lipinski definition) is 4. The van der Waals surface area contributed by atoms with Gasteiger partial charge >= 0.3 is 0 Å². The fourth-order valence-electron chi connectivity index (χ4n) is 2.48. The summed E-state index contributed by atoms with van der Waals surface area (Å²) in [5, 5.41) is 7.45. The van der Waals surface area contributed by atoms with Crippen LogP contribution in [-0.4, -0.2) is 36.7 Å². The second-order valence-electron chi connectivity index (χ2n) is 5.34. The number of halogens is 1. The molecule has 98 valence electrons. The van der Waals surface area contributed by atoms with Gasteiger partial charge < -0.3 is 9.84 Å². The van der Waals surface area contributed by atoms with Gasteiger partial charge in [-0.1, -0.05) is 12.1 Å². The molecule has 2 rings (SSSR count). The van der Waals surface area contributed by atoms with Gasteiger partial charge in [0.2, 0.25) is 0 Å². The lowest BCUT2D eigenvalue weighted by Gasteiger charge is -2.28. The quantitative estimate of drug-likeness (QED) is 0.896. The second kappa shape index (κ2) is 5.85. The van der Waals surface area contributed by atoms with Crippen molar-refractivity contribution in [3.05, 3.63) is 17.5 Å². The van der Waals surface area contributed by atoms with E-state index in [0.29, 0.717) is 5.41 Å². The summed E-state index contributed by atoms with van der Waals surface area (Å²) in [6, 6.07) is 2.01. The number of rotatable bonds is 4. The highest BCUT2D eigenvalue weighted by Gasteiger charge is 2.29. The molecule has 1 atom stereocenters. The molecule has 1 aromatic rings. The first kappa shape index (κ1) is 14.5. The van der Waals surface area contributed by atoms with E-state index in [2.05, 4.69) is 29.3 Å². The van der Waals surface area contributed by atoms with Gasteiger partial charge in [0.1, 0.15) is 5.76 Å². The normalized spacial score (nSPS) is 24.0. The molecule has 0 aromatic carbocycles. The SMILES string of the molecule is Cc1cc(CN(C)CC2(C)CCNC2)no1.Cl. The minimum absolute atomic E-state index is 0. The van der Waals surface area contributed by atoms with Crippen molar-refractivity contribution in [2.24, 2.45) is 5.41 Å². The molecule has 2 heterocycles. The molecule has 0 aliphatic carbocycles. The Bertz CT molecular complexity index is 347. The average molecular weight is 260 g/mol.